The molecule has 64 heavy (non-hydrogen) atoms. The smallest absolute Gasteiger partial charge is 0.456 e. The molecule has 0 heterocycles. The summed E-state index contributed by atoms with van der Waals surface area (Å²) in [7, 11) is -16.7. The summed E-state index contributed by atoms with van der Waals surface area (Å²) in [6, 6.07) is 0. The van der Waals surface area contributed by atoms with Gasteiger partial charge < -0.3 is 55.4 Å². The summed E-state index contributed by atoms with van der Waals surface area (Å²) in [5.74, 6) is 31.2. The number of carbonyl (C=O) groups excluding carboxylic acids is 2. The number of rotatable bonds is 26. The Morgan fingerprint density at radius 1 is 0.562 bits per heavy atom. The number of phosphoric acid groups is 3. The Bertz CT molecular complexity index is 2130. The third kappa shape index (κ3) is 29.5. The monoisotopic (exact) mass is 985 g/mol. The van der Waals surface area contributed by atoms with Gasteiger partial charge >= 0.3 is 35.4 Å². The number of aliphatic hydroxyl groups is 3. The van der Waals surface area contributed by atoms with Crippen molar-refractivity contribution < 1.29 is 109 Å². The van der Waals surface area contributed by atoms with E-state index in [1.807, 2.05) is 5.92 Å². The highest BCUT2D eigenvalue weighted by Gasteiger charge is 2.56. The molecule has 380 valence electrons. The van der Waals surface area contributed by atoms with Crippen LogP contribution in [-0.4, -0.2) is 108 Å². The van der Waals surface area contributed by atoms with E-state index in [1.54, 1.807) is 6.92 Å². The van der Waals surface area contributed by atoms with Crippen LogP contribution < -0.4 is 6.15 Å². The van der Waals surface area contributed by atoms with Crippen LogP contribution in [0.5, 0.6) is 0 Å². The number of hydrogen-bond donors (Lipinski definition) is 9. The molecule has 0 aromatic rings. The third-order valence-electron chi connectivity index (χ3n) is 8.38. The Hall–Kier alpha value is -3.97. The number of ether oxygens (including phenoxy) is 2. The molecule has 1 fully saturated rings. The van der Waals surface area contributed by atoms with Crippen LogP contribution in [0.4, 0.5) is 0 Å². The van der Waals surface area contributed by atoms with Gasteiger partial charge in [-0.25, -0.2) is 18.5 Å². The van der Waals surface area contributed by atoms with Crippen LogP contribution in [0.15, 0.2) is 0 Å². The van der Waals surface area contributed by atoms with Gasteiger partial charge in [0.2, 0.25) is 0 Å². The highest BCUT2D eigenvalue weighted by Crippen LogP contribution is 2.51. The first-order chi connectivity index (χ1) is 29.8. The van der Waals surface area contributed by atoms with Crippen LogP contribution in [0.2, 0.25) is 0 Å². The second-order valence-corrected chi connectivity index (χ2v) is 17.3. The van der Waals surface area contributed by atoms with Gasteiger partial charge in [-0.15, -0.1) is 0 Å². The molecule has 0 aromatic carbocycles. The van der Waals surface area contributed by atoms with Crippen molar-refractivity contribution >= 4 is 35.4 Å². The van der Waals surface area contributed by atoms with Crippen LogP contribution >= 0.6 is 23.5 Å². The summed E-state index contributed by atoms with van der Waals surface area (Å²) >= 11 is 0. The highest BCUT2D eigenvalue weighted by molar-refractivity contribution is 7.47. The van der Waals surface area contributed by atoms with E-state index in [0.29, 0.717) is 12.8 Å². The second kappa shape index (κ2) is 33.5. The Labute approximate surface area is 393 Å². The van der Waals surface area contributed by atoms with Gasteiger partial charge in [0, 0.05) is 30.9 Å². The number of carbonyl (C=O) groups is 2. The van der Waals surface area contributed by atoms with Crippen molar-refractivity contribution in [1.29, 1.82) is 0 Å². The van der Waals surface area contributed by atoms with E-state index < -0.39 is 91.3 Å². The fraction of sp³-hybridized carbons (Fsp3) is 0.610. The molecular formula is C41H82NO19P3. The fourth-order valence-corrected chi connectivity index (χ4v) is 7.62. The SMILES string of the molecule is CC#CC#CC#CC#CC#CC#CC#CC(=O)OC[C@H](COP(=O)(O)OC1C(O)[C@H](O)[C@H](OP(=O)(O)O)C(OP(=O)(O)O)[C@@H]1O)OC(=O)CCCCCCCCCCCCCCC.N.[HH].[HH].[HH].[HH].[HH].[HH].[HH].[HH].[HH].[HH].[HH].[HH].[HH]. The van der Waals surface area contributed by atoms with Gasteiger partial charge in [0.05, 0.1) is 6.61 Å². The van der Waals surface area contributed by atoms with E-state index in [9.17, 15) is 63.1 Å². The topological polar surface area (TPSA) is 338 Å². The minimum Gasteiger partial charge on any atom is -0.456 e. The molecular weight excluding hydrogens is 903 g/mol. The van der Waals surface area contributed by atoms with Gasteiger partial charge in [0.1, 0.15) is 43.2 Å². The lowest BCUT2D eigenvalue weighted by molar-refractivity contribution is -0.213. The van der Waals surface area contributed by atoms with Gasteiger partial charge in [-0.3, -0.25) is 22.9 Å². The van der Waals surface area contributed by atoms with E-state index >= 15 is 0 Å². The fourth-order valence-electron chi connectivity index (χ4n) is 5.52. The van der Waals surface area contributed by atoms with Gasteiger partial charge in [0.25, 0.3) is 0 Å². The molecule has 20 nitrogen and oxygen atoms in total. The van der Waals surface area contributed by atoms with Crippen LogP contribution in [0, 0.1) is 82.9 Å². The van der Waals surface area contributed by atoms with Crippen LogP contribution in [-0.2, 0) is 50.9 Å². The maximum absolute atomic E-state index is 13.0. The molecule has 11 N–H and O–H groups in total. The molecule has 23 heteroatoms. The van der Waals surface area contributed by atoms with Crippen LogP contribution in [0.3, 0.4) is 0 Å². The van der Waals surface area contributed by atoms with E-state index in [4.69, 9.17) is 18.5 Å². The van der Waals surface area contributed by atoms with Crippen molar-refractivity contribution in [1.82, 2.24) is 6.15 Å². The predicted molar refractivity (Wildman–Crippen MR) is 256 cm³/mol. The molecule has 1 saturated carbocycles. The molecule has 0 aliphatic heterocycles. The first-order valence-electron chi connectivity index (χ1n) is 19.8. The summed E-state index contributed by atoms with van der Waals surface area (Å²) in [5.41, 5.74) is 0. The molecule has 8 atom stereocenters. The zero-order chi connectivity index (χ0) is 47.2. The maximum Gasteiger partial charge on any atom is 0.472 e. The van der Waals surface area contributed by atoms with Gasteiger partial charge in [-0.1, -0.05) is 89.9 Å². The van der Waals surface area contributed by atoms with Crippen molar-refractivity contribution in [2.75, 3.05) is 13.2 Å². The lowest BCUT2D eigenvalue weighted by Crippen LogP contribution is -2.65. The largest absolute Gasteiger partial charge is 0.472 e. The molecule has 0 bridgehead atoms. The summed E-state index contributed by atoms with van der Waals surface area (Å²) in [6.07, 6.45) is -3.06. The Morgan fingerprint density at radius 2 is 0.969 bits per heavy atom. The van der Waals surface area contributed by atoms with E-state index in [0.717, 1.165) is 25.7 Å². The summed E-state index contributed by atoms with van der Waals surface area (Å²) in [5, 5.41) is 31.7. The minimum atomic E-state index is -5.63. The number of phosphoric ester groups is 3. The third-order valence-corrected chi connectivity index (χ3v) is 10.4. The molecule has 1 rings (SSSR count). The summed E-state index contributed by atoms with van der Waals surface area (Å²) < 4.78 is 64.5. The number of hydrogen-bond acceptors (Lipinski definition) is 15. The average Bonchev–Trinajstić information content (AvgIpc) is 3.20. The van der Waals surface area contributed by atoms with E-state index in [1.165, 1.54) is 44.9 Å². The first kappa shape index (κ1) is 60.0. The highest BCUT2D eigenvalue weighted by atomic mass is 31.2. The first-order valence-corrected chi connectivity index (χ1v) is 24.3. The molecule has 0 aromatic heterocycles. The van der Waals surface area contributed by atoms with E-state index in [2.05, 4.69) is 92.9 Å². The molecule has 1 aliphatic carbocycles. The summed E-state index contributed by atoms with van der Waals surface area (Å²) in [6.45, 7) is 1.99. The Balaban J connectivity index is -0.000000236. The normalized spacial score (nSPS) is 20.0. The van der Waals surface area contributed by atoms with Gasteiger partial charge in [-0.05, 0) is 84.4 Å². The van der Waals surface area contributed by atoms with Crippen molar-refractivity contribution in [3.63, 3.8) is 0 Å². The average molecular weight is 986 g/mol. The van der Waals surface area contributed by atoms with Gasteiger partial charge in [0.15, 0.2) is 6.10 Å². The lowest BCUT2D eigenvalue weighted by atomic mass is 9.85. The zero-order valence-corrected chi connectivity index (χ0v) is 38.2. The quantitative estimate of drug-likeness (QED) is 0.0161. The minimum absolute atomic E-state index is 0. The number of aliphatic hydroxyl groups excluding tert-OH is 3. The maximum atomic E-state index is 13.0. The Kier molecular flexibility index (Phi) is 31.4. The van der Waals surface area contributed by atoms with Crippen molar-refractivity contribution in [3.05, 3.63) is 0 Å². The molecule has 0 amide bonds. The number of unbranched alkanes of at least 4 members (excludes halogenated alkanes) is 12. The van der Waals surface area contributed by atoms with E-state index in [-0.39, 0.29) is 31.1 Å². The van der Waals surface area contributed by atoms with Crippen LogP contribution in [0.25, 0.3) is 0 Å². The second-order valence-electron chi connectivity index (χ2n) is 13.5. The molecule has 0 saturated heterocycles. The molecule has 1 aliphatic rings. The predicted octanol–water partition coefficient (Wildman–Crippen LogP) is 5.88. The summed E-state index contributed by atoms with van der Waals surface area (Å²) in [4.78, 5) is 72.4. The molecule has 4 unspecified atom stereocenters. The standard InChI is InChI=1S/C41H53O19P3.H3N.13H2/c1-3-5-7-9-11-13-15-17-19-21-23-25-27-29-34(42)55-31-33(57-35(43)30-28-26-24-22-20-18-16-14-12-10-8-6-4-2)32-56-63(53,54)60-39-36(44)37(45)40(58-61(47,48)49)41(38(39)46)59-62(50,51)52;;;;;;;;;;;;;;/h33,36-41,44-46H,4,6,8,10,12,14,16,18,20,22,24,26,28,30-32H2,1-2H3,(H,53,54)(H2,47,48,49)(H2,50,51,52);1H3;13*1H/t33-,36?,37+,38-,39?,40+,41?;;;;;;;;;;;;;;/m1............../s1. The zero-order valence-electron chi connectivity index (χ0n) is 35.5. The molecule has 0 spiro atoms. The van der Waals surface area contributed by atoms with Crippen molar-refractivity contribution in [2.45, 2.75) is 146 Å². The molecule has 0 radical (unpaired) electrons. The number of esters is 2. The van der Waals surface area contributed by atoms with Crippen LogP contribution in [0.1, 0.15) is 122 Å². The Morgan fingerprint density at radius 3 is 1.42 bits per heavy atom. The van der Waals surface area contributed by atoms with Gasteiger partial charge in [-0.2, -0.15) is 0 Å². The van der Waals surface area contributed by atoms with Crippen molar-refractivity contribution in [2.24, 2.45) is 0 Å². The lowest BCUT2D eigenvalue weighted by Gasteiger charge is -2.44. The van der Waals surface area contributed by atoms with Crippen molar-refractivity contribution in [3.8, 4) is 82.9 Å².